The van der Waals surface area contributed by atoms with Gasteiger partial charge in [-0.15, -0.1) is 35.3 Å². The van der Waals surface area contributed by atoms with Gasteiger partial charge >= 0.3 is 0 Å². The fraction of sp³-hybridized carbons (Fsp3) is 0.400. The minimum Gasteiger partial charge on any atom is -0.356 e. The first-order valence-corrected chi connectivity index (χ1v) is 7.97. The second kappa shape index (κ2) is 10.5. The first-order chi connectivity index (χ1) is 10.3. The Labute approximate surface area is 152 Å². The van der Waals surface area contributed by atoms with Crippen LogP contribution in [0.2, 0.25) is 0 Å². The van der Waals surface area contributed by atoms with E-state index in [4.69, 9.17) is 0 Å². The third-order valence-corrected chi connectivity index (χ3v) is 4.00. The molecular formula is C15H22IN5S. The molecule has 2 N–H and O–H groups in total. The summed E-state index contributed by atoms with van der Waals surface area (Å²) in [7, 11) is 1.77. The maximum Gasteiger partial charge on any atom is 0.191 e. The normalized spacial score (nSPS) is 10.9. The van der Waals surface area contributed by atoms with Gasteiger partial charge in [0.15, 0.2) is 5.96 Å². The van der Waals surface area contributed by atoms with Gasteiger partial charge in [-0.05, 0) is 18.6 Å². The fourth-order valence-corrected chi connectivity index (χ4v) is 2.61. The lowest BCUT2D eigenvalue weighted by atomic mass is 10.3. The molecule has 5 nitrogen and oxygen atoms in total. The van der Waals surface area contributed by atoms with Crippen molar-refractivity contribution in [1.29, 1.82) is 0 Å². The predicted octanol–water partition coefficient (Wildman–Crippen LogP) is 2.63. The molecule has 0 bridgehead atoms. The van der Waals surface area contributed by atoms with E-state index in [1.54, 1.807) is 24.6 Å². The SMILES string of the molecule is CCc1nc(CCNC(=NC)NCc2ccccn2)cs1.I. The smallest absolute Gasteiger partial charge is 0.191 e. The Hall–Kier alpha value is -1.22. The number of halogens is 1. The average molecular weight is 431 g/mol. The van der Waals surface area contributed by atoms with Gasteiger partial charge in [0.25, 0.3) is 0 Å². The van der Waals surface area contributed by atoms with Crippen LogP contribution in [0.25, 0.3) is 0 Å². The van der Waals surface area contributed by atoms with E-state index in [0.717, 1.165) is 36.7 Å². The molecule has 0 amide bonds. The van der Waals surface area contributed by atoms with Crippen LogP contribution in [0.5, 0.6) is 0 Å². The molecule has 22 heavy (non-hydrogen) atoms. The fourth-order valence-electron chi connectivity index (χ4n) is 1.83. The van der Waals surface area contributed by atoms with Gasteiger partial charge in [-0.25, -0.2) is 4.98 Å². The molecule has 0 atom stereocenters. The minimum absolute atomic E-state index is 0. The van der Waals surface area contributed by atoms with Gasteiger partial charge in [0.2, 0.25) is 0 Å². The van der Waals surface area contributed by atoms with E-state index in [0.29, 0.717) is 6.54 Å². The zero-order chi connectivity index (χ0) is 14.9. The molecule has 2 aromatic heterocycles. The second-order valence-electron chi connectivity index (χ2n) is 4.51. The molecule has 0 aliphatic heterocycles. The average Bonchev–Trinajstić information content (AvgIpc) is 2.99. The number of hydrogen-bond donors (Lipinski definition) is 2. The maximum absolute atomic E-state index is 4.55. The van der Waals surface area contributed by atoms with E-state index >= 15 is 0 Å². The lowest BCUT2D eigenvalue weighted by Crippen LogP contribution is -2.38. The molecule has 0 saturated carbocycles. The first kappa shape index (κ1) is 18.8. The molecule has 2 aromatic rings. The topological polar surface area (TPSA) is 62.2 Å². The van der Waals surface area contributed by atoms with Gasteiger partial charge in [-0.3, -0.25) is 9.98 Å². The number of pyridine rings is 1. The summed E-state index contributed by atoms with van der Waals surface area (Å²) >= 11 is 1.73. The summed E-state index contributed by atoms with van der Waals surface area (Å²) in [6.07, 6.45) is 3.70. The third-order valence-electron chi connectivity index (χ3n) is 2.96. The second-order valence-corrected chi connectivity index (χ2v) is 5.45. The van der Waals surface area contributed by atoms with Crippen LogP contribution in [0.15, 0.2) is 34.8 Å². The molecule has 0 spiro atoms. The number of thiazole rings is 1. The quantitative estimate of drug-likeness (QED) is 0.420. The molecule has 2 heterocycles. The lowest BCUT2D eigenvalue weighted by Gasteiger charge is -2.10. The first-order valence-electron chi connectivity index (χ1n) is 7.09. The molecule has 0 aliphatic carbocycles. The summed E-state index contributed by atoms with van der Waals surface area (Å²) in [5.74, 6) is 0.784. The molecule has 0 aromatic carbocycles. The van der Waals surface area contributed by atoms with Crippen molar-refractivity contribution < 1.29 is 0 Å². The van der Waals surface area contributed by atoms with Crippen LogP contribution >= 0.6 is 35.3 Å². The highest BCUT2D eigenvalue weighted by atomic mass is 127. The van der Waals surface area contributed by atoms with Crippen molar-refractivity contribution in [1.82, 2.24) is 20.6 Å². The Kier molecular flexibility index (Phi) is 8.98. The number of guanidine groups is 1. The summed E-state index contributed by atoms with van der Waals surface area (Å²) in [6.45, 7) is 3.61. The number of nitrogens with one attached hydrogen (secondary N) is 2. The van der Waals surface area contributed by atoms with Crippen LogP contribution in [-0.2, 0) is 19.4 Å². The number of rotatable bonds is 6. The molecule has 0 saturated heterocycles. The largest absolute Gasteiger partial charge is 0.356 e. The predicted molar refractivity (Wildman–Crippen MR) is 103 cm³/mol. The number of nitrogens with zero attached hydrogens (tertiary/aromatic N) is 3. The molecule has 7 heteroatoms. The van der Waals surface area contributed by atoms with Crippen molar-refractivity contribution >= 4 is 41.3 Å². The van der Waals surface area contributed by atoms with Crippen molar-refractivity contribution in [2.75, 3.05) is 13.6 Å². The van der Waals surface area contributed by atoms with Crippen LogP contribution in [0, 0.1) is 0 Å². The monoisotopic (exact) mass is 431 g/mol. The number of hydrogen-bond acceptors (Lipinski definition) is 4. The number of aliphatic imine (C=N–C) groups is 1. The Bertz CT molecular complexity index is 570. The highest BCUT2D eigenvalue weighted by Gasteiger charge is 2.02. The van der Waals surface area contributed by atoms with Gasteiger partial charge in [0, 0.05) is 31.6 Å². The Morgan fingerprint density at radius 2 is 2.14 bits per heavy atom. The van der Waals surface area contributed by atoms with Crippen LogP contribution in [0.1, 0.15) is 23.3 Å². The molecule has 0 aliphatic rings. The Balaban J connectivity index is 0.00000242. The van der Waals surface area contributed by atoms with E-state index in [2.05, 4.69) is 37.9 Å². The van der Waals surface area contributed by atoms with E-state index < -0.39 is 0 Å². The van der Waals surface area contributed by atoms with Crippen molar-refractivity contribution in [3.8, 4) is 0 Å². The standard InChI is InChI=1S/C15H21N5S.HI/c1-3-14-20-13(11-21-14)7-9-18-15(16-2)19-10-12-6-4-5-8-17-12;/h4-6,8,11H,3,7,9-10H2,1-2H3,(H2,16,18,19);1H. The number of aryl methyl sites for hydroxylation is 1. The molecule has 0 unspecified atom stereocenters. The van der Waals surface area contributed by atoms with E-state index in [1.165, 1.54) is 5.01 Å². The van der Waals surface area contributed by atoms with E-state index in [1.807, 2.05) is 18.2 Å². The molecule has 120 valence electrons. The van der Waals surface area contributed by atoms with Crippen LogP contribution < -0.4 is 10.6 Å². The van der Waals surface area contributed by atoms with Crippen molar-refractivity contribution in [3.05, 3.63) is 46.2 Å². The van der Waals surface area contributed by atoms with E-state index in [-0.39, 0.29) is 24.0 Å². The molecule has 0 fully saturated rings. The van der Waals surface area contributed by atoms with Crippen LogP contribution in [0.3, 0.4) is 0 Å². The summed E-state index contributed by atoms with van der Waals surface area (Å²) in [6, 6.07) is 5.88. The van der Waals surface area contributed by atoms with Crippen molar-refractivity contribution in [2.45, 2.75) is 26.3 Å². The zero-order valence-electron chi connectivity index (χ0n) is 12.9. The van der Waals surface area contributed by atoms with Crippen LogP contribution in [-0.4, -0.2) is 29.5 Å². The third kappa shape index (κ3) is 6.27. The molecule has 0 radical (unpaired) electrons. The van der Waals surface area contributed by atoms with Gasteiger partial charge in [-0.1, -0.05) is 13.0 Å². The van der Waals surface area contributed by atoms with Gasteiger partial charge in [-0.2, -0.15) is 0 Å². The highest BCUT2D eigenvalue weighted by Crippen LogP contribution is 2.10. The molecule has 2 rings (SSSR count). The summed E-state index contributed by atoms with van der Waals surface area (Å²) < 4.78 is 0. The zero-order valence-corrected chi connectivity index (χ0v) is 16.0. The van der Waals surface area contributed by atoms with Gasteiger partial charge in [0.05, 0.1) is 22.9 Å². The summed E-state index contributed by atoms with van der Waals surface area (Å²) in [5.41, 5.74) is 2.14. The van der Waals surface area contributed by atoms with Crippen LogP contribution in [0.4, 0.5) is 0 Å². The highest BCUT2D eigenvalue weighted by molar-refractivity contribution is 14.0. The van der Waals surface area contributed by atoms with Crippen molar-refractivity contribution in [2.24, 2.45) is 4.99 Å². The minimum atomic E-state index is 0. The van der Waals surface area contributed by atoms with Gasteiger partial charge in [0.1, 0.15) is 0 Å². The van der Waals surface area contributed by atoms with Crippen molar-refractivity contribution in [3.63, 3.8) is 0 Å². The summed E-state index contributed by atoms with van der Waals surface area (Å²) in [5, 5.41) is 9.86. The maximum atomic E-state index is 4.55. The Morgan fingerprint density at radius 1 is 1.27 bits per heavy atom. The Morgan fingerprint density at radius 3 is 2.77 bits per heavy atom. The van der Waals surface area contributed by atoms with Gasteiger partial charge < -0.3 is 10.6 Å². The van der Waals surface area contributed by atoms with E-state index in [9.17, 15) is 0 Å². The number of aromatic nitrogens is 2. The summed E-state index contributed by atoms with van der Waals surface area (Å²) in [4.78, 5) is 13.0. The lowest BCUT2D eigenvalue weighted by molar-refractivity contribution is 0.775. The molecular weight excluding hydrogens is 409 g/mol.